The van der Waals surface area contributed by atoms with Gasteiger partial charge in [-0.15, -0.1) is 0 Å². The molecular formula is C16H28NO5P. The molecule has 0 aliphatic carbocycles. The molecule has 132 valence electrons. The third-order valence-corrected chi connectivity index (χ3v) is 3.95. The summed E-state index contributed by atoms with van der Waals surface area (Å²) < 4.78 is 20.9. The molecule has 0 fully saturated rings. The molecule has 1 atom stereocenters. The molecule has 0 radical (unpaired) electrons. The molecule has 1 aromatic rings. The van der Waals surface area contributed by atoms with Crippen LogP contribution in [0, 0.1) is 0 Å². The third-order valence-electron chi connectivity index (χ3n) is 3.49. The van der Waals surface area contributed by atoms with Gasteiger partial charge in [-0.25, -0.2) is 4.57 Å². The largest absolute Gasteiger partial charge is 0.494 e. The van der Waals surface area contributed by atoms with Crippen LogP contribution in [0.5, 0.6) is 5.75 Å². The Bertz CT molecular complexity index is 498. The van der Waals surface area contributed by atoms with Crippen molar-refractivity contribution < 1.29 is 23.6 Å². The van der Waals surface area contributed by atoms with Crippen LogP contribution in [0.1, 0.15) is 45.1 Å². The summed E-state index contributed by atoms with van der Waals surface area (Å²) in [6.07, 6.45) is 4.66. The monoisotopic (exact) mass is 345 g/mol. The molecule has 0 unspecified atom stereocenters. The highest BCUT2D eigenvalue weighted by Gasteiger charge is 2.24. The van der Waals surface area contributed by atoms with Gasteiger partial charge in [0.1, 0.15) is 5.75 Å². The average molecular weight is 345 g/mol. The first-order valence-corrected chi connectivity index (χ1v) is 9.45. The van der Waals surface area contributed by atoms with Crippen LogP contribution in [0.25, 0.3) is 0 Å². The Kier molecular flexibility index (Phi) is 8.23. The highest BCUT2D eigenvalue weighted by molar-refractivity contribution is 7.46. The van der Waals surface area contributed by atoms with Crippen LogP contribution in [-0.4, -0.2) is 28.5 Å². The Morgan fingerprint density at radius 1 is 1.22 bits per heavy atom. The molecule has 1 aromatic carbocycles. The molecule has 0 aromatic heterocycles. The fourth-order valence-corrected chi connectivity index (χ4v) is 2.49. The predicted octanol–water partition coefficient (Wildman–Crippen LogP) is 3.01. The van der Waals surface area contributed by atoms with Crippen molar-refractivity contribution in [2.75, 3.05) is 13.2 Å². The fourth-order valence-electron chi connectivity index (χ4n) is 2.03. The Balaban J connectivity index is 2.38. The minimum absolute atomic E-state index is 0.185. The van der Waals surface area contributed by atoms with E-state index in [1.54, 1.807) is 6.92 Å². The number of hydrogen-bond donors (Lipinski definition) is 3. The summed E-state index contributed by atoms with van der Waals surface area (Å²) in [4.78, 5) is 17.4. The van der Waals surface area contributed by atoms with E-state index in [1.165, 1.54) is 12.8 Å². The van der Waals surface area contributed by atoms with Crippen molar-refractivity contribution in [2.24, 2.45) is 5.73 Å². The van der Waals surface area contributed by atoms with Crippen LogP contribution in [0.2, 0.25) is 0 Å². The molecule has 23 heavy (non-hydrogen) atoms. The Morgan fingerprint density at radius 3 is 2.43 bits per heavy atom. The zero-order valence-corrected chi connectivity index (χ0v) is 14.8. The van der Waals surface area contributed by atoms with Gasteiger partial charge in [-0.05, 0) is 43.9 Å². The van der Waals surface area contributed by atoms with Crippen molar-refractivity contribution >= 4 is 7.82 Å². The van der Waals surface area contributed by atoms with Crippen LogP contribution in [-0.2, 0) is 15.5 Å². The summed E-state index contributed by atoms with van der Waals surface area (Å²) in [6.45, 7) is 4.42. The van der Waals surface area contributed by atoms with Gasteiger partial charge >= 0.3 is 7.82 Å². The zero-order valence-electron chi connectivity index (χ0n) is 13.9. The molecule has 7 heteroatoms. The number of phosphoric ester groups is 1. The van der Waals surface area contributed by atoms with Gasteiger partial charge in [-0.1, -0.05) is 31.9 Å². The Labute approximate surface area is 138 Å². The maximum atomic E-state index is 10.7. The van der Waals surface area contributed by atoms with Gasteiger partial charge in [-0.2, -0.15) is 0 Å². The van der Waals surface area contributed by atoms with Crippen LogP contribution < -0.4 is 10.5 Å². The molecule has 4 N–H and O–H groups in total. The van der Waals surface area contributed by atoms with Gasteiger partial charge in [0.05, 0.1) is 13.2 Å². The smallest absolute Gasteiger partial charge is 0.469 e. The highest BCUT2D eigenvalue weighted by Crippen LogP contribution is 2.36. The van der Waals surface area contributed by atoms with Crippen molar-refractivity contribution in [3.8, 4) is 5.75 Å². The first-order valence-electron chi connectivity index (χ1n) is 7.92. The lowest BCUT2D eigenvalue weighted by molar-refractivity contribution is 0.154. The van der Waals surface area contributed by atoms with Gasteiger partial charge in [-0.3, -0.25) is 4.52 Å². The second kappa shape index (κ2) is 9.40. The Hall–Kier alpha value is -0.910. The van der Waals surface area contributed by atoms with Crippen molar-refractivity contribution in [3.63, 3.8) is 0 Å². The van der Waals surface area contributed by atoms with E-state index in [4.69, 9.17) is 20.3 Å². The minimum atomic E-state index is -4.48. The Morgan fingerprint density at radius 2 is 1.87 bits per heavy atom. The molecule has 0 heterocycles. The molecule has 0 bridgehead atoms. The summed E-state index contributed by atoms with van der Waals surface area (Å²) in [5.74, 6) is 0.852. The molecule has 0 saturated carbocycles. The molecule has 1 rings (SSSR count). The van der Waals surface area contributed by atoms with Gasteiger partial charge in [0, 0.05) is 5.54 Å². The van der Waals surface area contributed by atoms with Crippen LogP contribution >= 0.6 is 7.82 Å². The lowest BCUT2D eigenvalue weighted by Gasteiger charge is -2.24. The lowest BCUT2D eigenvalue weighted by Crippen LogP contribution is -2.41. The van der Waals surface area contributed by atoms with Crippen LogP contribution in [0.3, 0.4) is 0 Å². The topological polar surface area (TPSA) is 102 Å². The highest BCUT2D eigenvalue weighted by atomic mass is 31.2. The standard InChI is InChI=1S/C16H28NO5P/c1-3-4-5-12-21-15-8-6-14(7-9-15)10-11-16(2,17)13-22-23(18,19)20/h6-9H,3-5,10-13,17H2,1-2H3,(H2,18,19,20)/t16-/m1/s1. The van der Waals surface area contributed by atoms with E-state index in [2.05, 4.69) is 11.4 Å². The molecule has 0 aliphatic rings. The normalized spacial score (nSPS) is 14.5. The van der Waals surface area contributed by atoms with E-state index in [-0.39, 0.29) is 6.61 Å². The van der Waals surface area contributed by atoms with Gasteiger partial charge in [0.25, 0.3) is 0 Å². The van der Waals surface area contributed by atoms with E-state index < -0.39 is 13.4 Å². The van der Waals surface area contributed by atoms with Crippen molar-refractivity contribution in [1.29, 1.82) is 0 Å². The number of ether oxygens (including phenoxy) is 1. The fraction of sp³-hybridized carbons (Fsp3) is 0.625. The van der Waals surface area contributed by atoms with Crippen molar-refractivity contribution in [1.82, 2.24) is 0 Å². The van der Waals surface area contributed by atoms with E-state index in [1.807, 2.05) is 24.3 Å². The number of unbranched alkanes of at least 4 members (excludes halogenated alkanes) is 2. The number of rotatable bonds is 11. The van der Waals surface area contributed by atoms with Gasteiger partial charge in [0.2, 0.25) is 0 Å². The van der Waals surface area contributed by atoms with Crippen LogP contribution in [0.15, 0.2) is 24.3 Å². The predicted molar refractivity (Wildman–Crippen MR) is 90.4 cm³/mol. The van der Waals surface area contributed by atoms with E-state index >= 15 is 0 Å². The summed E-state index contributed by atoms with van der Waals surface area (Å²) in [5, 5.41) is 0. The molecule has 0 aliphatic heterocycles. The number of phosphoric acid groups is 1. The molecule has 0 spiro atoms. The lowest BCUT2D eigenvalue weighted by atomic mass is 9.95. The molecule has 0 saturated heterocycles. The maximum Gasteiger partial charge on any atom is 0.469 e. The summed E-state index contributed by atoms with van der Waals surface area (Å²) in [5.41, 5.74) is 6.30. The second-order valence-corrected chi connectivity index (χ2v) is 7.36. The summed E-state index contributed by atoms with van der Waals surface area (Å²) in [6, 6.07) is 7.83. The number of benzene rings is 1. The average Bonchev–Trinajstić information content (AvgIpc) is 2.48. The van der Waals surface area contributed by atoms with Gasteiger partial charge in [0.15, 0.2) is 0 Å². The number of aryl methyl sites for hydroxylation is 1. The number of nitrogens with two attached hydrogens (primary N) is 1. The second-order valence-electron chi connectivity index (χ2n) is 6.12. The van der Waals surface area contributed by atoms with E-state index in [0.717, 1.165) is 24.3 Å². The quantitative estimate of drug-likeness (QED) is 0.421. The van der Waals surface area contributed by atoms with Gasteiger partial charge < -0.3 is 20.3 Å². The maximum absolute atomic E-state index is 10.7. The van der Waals surface area contributed by atoms with Crippen LogP contribution in [0.4, 0.5) is 0 Å². The first kappa shape index (κ1) is 20.1. The minimum Gasteiger partial charge on any atom is -0.494 e. The summed E-state index contributed by atoms with van der Waals surface area (Å²) in [7, 11) is -4.48. The summed E-state index contributed by atoms with van der Waals surface area (Å²) >= 11 is 0. The first-order chi connectivity index (χ1) is 10.7. The molecule has 6 nitrogen and oxygen atoms in total. The van der Waals surface area contributed by atoms with E-state index in [9.17, 15) is 4.57 Å². The van der Waals surface area contributed by atoms with E-state index in [0.29, 0.717) is 12.8 Å². The molecule has 0 amide bonds. The molecular weight excluding hydrogens is 317 g/mol. The van der Waals surface area contributed by atoms with Crippen molar-refractivity contribution in [2.45, 2.75) is 51.5 Å². The number of hydrogen-bond acceptors (Lipinski definition) is 4. The SMILES string of the molecule is CCCCCOc1ccc(CC[C@@](C)(N)COP(=O)(O)O)cc1. The van der Waals surface area contributed by atoms with Crippen molar-refractivity contribution in [3.05, 3.63) is 29.8 Å². The third kappa shape index (κ3) is 9.74. The zero-order chi connectivity index (χ0) is 17.3.